The third kappa shape index (κ3) is 3.78. The summed E-state index contributed by atoms with van der Waals surface area (Å²) in [7, 11) is 0. The fraction of sp³-hybridized carbons (Fsp3) is 0. The summed E-state index contributed by atoms with van der Waals surface area (Å²) in [6.45, 7) is 0. The minimum absolute atomic E-state index is 0.227. The SMILES string of the molecule is N#Cc1cc(Cl)cc2c(=O)cc(-c3cccc(/C=C/c4ccc5ccccc5n4)c3)oc12. The molecular formula is C27H15ClN2O2. The van der Waals surface area contributed by atoms with Gasteiger partial charge < -0.3 is 4.42 Å². The molecule has 0 radical (unpaired) electrons. The van der Waals surface area contributed by atoms with Crippen molar-refractivity contribution in [1.29, 1.82) is 5.26 Å². The van der Waals surface area contributed by atoms with Crippen LogP contribution in [0.15, 0.2) is 88.1 Å². The standard InChI is InChI=1S/C27H15ClN2O2/c28-21-13-20(16-29)27-23(14-21)25(31)15-26(32-27)19-6-3-4-17(12-19)8-10-22-11-9-18-5-1-2-7-24(18)30-22/h1-15H/b10-8+. The van der Waals surface area contributed by atoms with Crippen LogP contribution >= 0.6 is 11.6 Å². The van der Waals surface area contributed by atoms with Crippen LogP contribution in [0, 0.1) is 11.3 Å². The van der Waals surface area contributed by atoms with Gasteiger partial charge in [-0.2, -0.15) is 5.26 Å². The van der Waals surface area contributed by atoms with E-state index in [-0.39, 0.29) is 22.0 Å². The number of rotatable bonds is 3. The lowest BCUT2D eigenvalue weighted by atomic mass is 10.1. The van der Waals surface area contributed by atoms with Crippen molar-refractivity contribution in [3.05, 3.63) is 111 Å². The number of nitriles is 1. The first-order valence-corrected chi connectivity index (χ1v) is 10.3. The molecule has 152 valence electrons. The number of benzene rings is 3. The lowest BCUT2D eigenvalue weighted by Crippen LogP contribution is -2.01. The van der Waals surface area contributed by atoms with Crippen LogP contribution in [-0.2, 0) is 0 Å². The van der Waals surface area contributed by atoms with Gasteiger partial charge in [-0.1, -0.05) is 60.1 Å². The normalized spacial score (nSPS) is 11.2. The quantitative estimate of drug-likeness (QED) is 0.316. The molecule has 32 heavy (non-hydrogen) atoms. The molecule has 0 amide bonds. The Kier molecular flexibility index (Phi) is 5.03. The molecule has 0 saturated heterocycles. The zero-order valence-corrected chi connectivity index (χ0v) is 17.5. The topological polar surface area (TPSA) is 66.9 Å². The van der Waals surface area contributed by atoms with Gasteiger partial charge in [0.1, 0.15) is 11.8 Å². The van der Waals surface area contributed by atoms with Gasteiger partial charge in [-0.15, -0.1) is 0 Å². The molecule has 0 N–H and O–H groups in total. The second kappa shape index (κ2) is 8.14. The van der Waals surface area contributed by atoms with E-state index in [0.717, 1.165) is 27.7 Å². The van der Waals surface area contributed by atoms with Crippen molar-refractivity contribution in [2.24, 2.45) is 0 Å². The number of pyridine rings is 1. The van der Waals surface area contributed by atoms with Crippen LogP contribution in [0.3, 0.4) is 0 Å². The first kappa shape index (κ1) is 19.7. The first-order chi connectivity index (χ1) is 15.6. The summed E-state index contributed by atoms with van der Waals surface area (Å²) in [5.74, 6) is 0.389. The number of nitrogens with zero attached hydrogens (tertiary/aromatic N) is 2. The second-order valence-electron chi connectivity index (χ2n) is 7.30. The van der Waals surface area contributed by atoms with E-state index in [1.165, 1.54) is 18.2 Å². The van der Waals surface area contributed by atoms with E-state index >= 15 is 0 Å². The highest BCUT2D eigenvalue weighted by Gasteiger charge is 2.12. The Morgan fingerprint density at radius 3 is 2.69 bits per heavy atom. The van der Waals surface area contributed by atoms with Crippen LogP contribution in [0.4, 0.5) is 0 Å². The zero-order valence-electron chi connectivity index (χ0n) is 16.7. The summed E-state index contributed by atoms with van der Waals surface area (Å²) >= 11 is 6.03. The van der Waals surface area contributed by atoms with Crippen LogP contribution in [0.1, 0.15) is 16.8 Å². The largest absolute Gasteiger partial charge is 0.454 e. The maximum Gasteiger partial charge on any atom is 0.193 e. The van der Waals surface area contributed by atoms with E-state index in [1.807, 2.05) is 78.9 Å². The molecule has 5 aromatic rings. The maximum atomic E-state index is 12.6. The molecule has 0 aliphatic rings. The molecular weight excluding hydrogens is 420 g/mol. The number of hydrogen-bond acceptors (Lipinski definition) is 4. The number of aromatic nitrogens is 1. The highest BCUT2D eigenvalue weighted by molar-refractivity contribution is 6.31. The summed E-state index contributed by atoms with van der Waals surface area (Å²) in [5.41, 5.74) is 3.66. The van der Waals surface area contributed by atoms with Crippen LogP contribution in [0.5, 0.6) is 0 Å². The minimum Gasteiger partial charge on any atom is -0.454 e. The van der Waals surface area contributed by atoms with Crippen LogP contribution < -0.4 is 5.43 Å². The molecule has 0 spiro atoms. The smallest absolute Gasteiger partial charge is 0.193 e. The number of para-hydroxylation sites is 1. The molecule has 0 unspecified atom stereocenters. The van der Waals surface area contributed by atoms with Crippen molar-refractivity contribution in [3.8, 4) is 17.4 Å². The summed E-state index contributed by atoms with van der Waals surface area (Å²) in [6.07, 6.45) is 3.90. The highest BCUT2D eigenvalue weighted by atomic mass is 35.5. The number of halogens is 1. The van der Waals surface area contributed by atoms with Crippen LogP contribution in [-0.4, -0.2) is 4.98 Å². The second-order valence-corrected chi connectivity index (χ2v) is 7.74. The molecule has 2 heterocycles. The molecule has 3 aromatic carbocycles. The van der Waals surface area contributed by atoms with Crippen molar-refractivity contribution < 1.29 is 4.42 Å². The molecule has 4 nitrogen and oxygen atoms in total. The Labute approximate surface area is 188 Å². The van der Waals surface area contributed by atoms with Gasteiger partial charge in [0.2, 0.25) is 0 Å². The third-order valence-electron chi connectivity index (χ3n) is 5.15. The third-order valence-corrected chi connectivity index (χ3v) is 5.37. The van der Waals surface area contributed by atoms with Crippen LogP contribution in [0.2, 0.25) is 5.02 Å². The minimum atomic E-state index is -0.249. The fourth-order valence-corrected chi connectivity index (χ4v) is 3.82. The Hall–Kier alpha value is -4.20. The van der Waals surface area contributed by atoms with Crippen molar-refractivity contribution in [1.82, 2.24) is 4.98 Å². The maximum absolute atomic E-state index is 12.6. The van der Waals surface area contributed by atoms with Gasteiger partial charge in [0.25, 0.3) is 0 Å². The van der Waals surface area contributed by atoms with E-state index in [9.17, 15) is 10.1 Å². The van der Waals surface area contributed by atoms with E-state index in [1.54, 1.807) is 0 Å². The average molecular weight is 435 g/mol. The Balaban J connectivity index is 1.53. The van der Waals surface area contributed by atoms with Gasteiger partial charge >= 0.3 is 0 Å². The van der Waals surface area contributed by atoms with Crippen molar-refractivity contribution >= 4 is 45.6 Å². The lowest BCUT2D eigenvalue weighted by molar-refractivity contribution is 0.618. The van der Waals surface area contributed by atoms with Crippen molar-refractivity contribution in [2.45, 2.75) is 0 Å². The van der Waals surface area contributed by atoms with Gasteiger partial charge in [-0.3, -0.25) is 4.79 Å². The Bertz CT molecular complexity index is 1630. The molecule has 0 saturated carbocycles. The van der Waals surface area contributed by atoms with Crippen LogP contribution in [0.25, 0.3) is 45.3 Å². The summed E-state index contributed by atoms with van der Waals surface area (Å²) in [4.78, 5) is 17.3. The first-order valence-electron chi connectivity index (χ1n) is 9.92. The predicted octanol–water partition coefficient (Wildman–Crippen LogP) is 6.70. The molecule has 5 heteroatoms. The van der Waals surface area contributed by atoms with Gasteiger partial charge in [-0.05, 0) is 42.0 Å². The fourth-order valence-electron chi connectivity index (χ4n) is 3.60. The molecule has 0 fully saturated rings. The summed E-state index contributed by atoms with van der Waals surface area (Å²) in [5, 5.41) is 11.1. The summed E-state index contributed by atoms with van der Waals surface area (Å²) in [6, 6.07) is 26.1. The van der Waals surface area contributed by atoms with E-state index in [4.69, 9.17) is 16.0 Å². The molecule has 0 atom stereocenters. The predicted molar refractivity (Wildman–Crippen MR) is 128 cm³/mol. The molecule has 2 aromatic heterocycles. The Morgan fingerprint density at radius 1 is 0.938 bits per heavy atom. The Morgan fingerprint density at radius 2 is 1.81 bits per heavy atom. The number of fused-ring (bicyclic) bond motifs is 2. The molecule has 0 bridgehead atoms. The summed E-state index contributed by atoms with van der Waals surface area (Å²) < 4.78 is 5.95. The monoisotopic (exact) mass is 434 g/mol. The molecule has 5 rings (SSSR count). The van der Waals surface area contributed by atoms with E-state index < -0.39 is 0 Å². The molecule has 0 aliphatic carbocycles. The highest BCUT2D eigenvalue weighted by Crippen LogP contribution is 2.27. The van der Waals surface area contributed by atoms with E-state index in [2.05, 4.69) is 4.98 Å². The van der Waals surface area contributed by atoms with Crippen molar-refractivity contribution in [2.75, 3.05) is 0 Å². The zero-order chi connectivity index (χ0) is 22.1. The van der Waals surface area contributed by atoms with Gasteiger partial charge in [0, 0.05) is 22.0 Å². The molecule has 0 aliphatic heterocycles. The number of hydrogen-bond donors (Lipinski definition) is 0. The lowest BCUT2D eigenvalue weighted by Gasteiger charge is -2.06. The average Bonchev–Trinajstić information content (AvgIpc) is 2.82. The van der Waals surface area contributed by atoms with Crippen molar-refractivity contribution in [3.63, 3.8) is 0 Å². The van der Waals surface area contributed by atoms with Gasteiger partial charge in [-0.25, -0.2) is 4.98 Å². The van der Waals surface area contributed by atoms with Gasteiger partial charge in [0.15, 0.2) is 11.0 Å². The van der Waals surface area contributed by atoms with Gasteiger partial charge in [0.05, 0.1) is 22.2 Å². The van der Waals surface area contributed by atoms with E-state index in [0.29, 0.717) is 10.8 Å².